The lowest BCUT2D eigenvalue weighted by Crippen LogP contribution is -2.27. The van der Waals surface area contributed by atoms with E-state index < -0.39 is 15.8 Å². The molecule has 0 amide bonds. The number of hydrogen-bond donors (Lipinski definition) is 1. The molecule has 1 N–H and O–H groups in total. The van der Waals surface area contributed by atoms with E-state index in [9.17, 15) is 13.2 Å². The van der Waals surface area contributed by atoms with Crippen LogP contribution in [0.5, 0.6) is 0 Å². The van der Waals surface area contributed by atoms with E-state index in [4.69, 9.17) is 4.42 Å². The van der Waals surface area contributed by atoms with Crippen molar-refractivity contribution in [1.29, 1.82) is 0 Å². The number of H-pyrrole nitrogens is 1. The van der Waals surface area contributed by atoms with Crippen LogP contribution >= 0.6 is 0 Å². The summed E-state index contributed by atoms with van der Waals surface area (Å²) in [5, 5.41) is 0. The van der Waals surface area contributed by atoms with Gasteiger partial charge in [0.05, 0.1) is 28.0 Å². The highest BCUT2D eigenvalue weighted by molar-refractivity contribution is 7.89. The van der Waals surface area contributed by atoms with E-state index in [-0.39, 0.29) is 17.0 Å². The second-order valence-corrected chi connectivity index (χ2v) is 8.06. The number of sulfonamides is 1. The molecule has 9 heteroatoms. The Hall–Kier alpha value is -2.91. The average Bonchev–Trinajstić information content (AvgIpc) is 3.15. The van der Waals surface area contributed by atoms with Crippen LogP contribution in [0.4, 0.5) is 0 Å². The average molecular weight is 372 g/mol. The predicted octanol–water partition coefficient (Wildman–Crippen LogP) is 1.83. The van der Waals surface area contributed by atoms with Crippen molar-refractivity contribution < 1.29 is 12.8 Å². The van der Waals surface area contributed by atoms with E-state index >= 15 is 0 Å². The Labute approximate surface area is 148 Å². The summed E-state index contributed by atoms with van der Waals surface area (Å²) in [5.41, 5.74) is 2.39. The van der Waals surface area contributed by atoms with Crippen molar-refractivity contribution in [3.63, 3.8) is 0 Å². The molecule has 0 fully saturated rings. The summed E-state index contributed by atoms with van der Waals surface area (Å²) in [6.45, 7) is 0.0911. The van der Waals surface area contributed by atoms with Crippen molar-refractivity contribution in [3.8, 4) is 0 Å². The quantitative estimate of drug-likeness (QED) is 0.589. The largest absolute Gasteiger partial charge is 0.419 e. The molecule has 8 nitrogen and oxygen atoms in total. The number of hydrogen-bond acceptors (Lipinski definition) is 5. The maximum Gasteiger partial charge on any atom is 0.419 e. The number of nitrogens with zero attached hydrogens (tertiary/aromatic N) is 3. The normalized spacial score (nSPS) is 12.4. The Kier molecular flexibility index (Phi) is 3.70. The number of nitrogens with one attached hydrogen (secondary N) is 1. The fourth-order valence-electron chi connectivity index (χ4n) is 2.83. The first-order valence-electron chi connectivity index (χ1n) is 7.86. The van der Waals surface area contributed by atoms with Crippen molar-refractivity contribution in [2.24, 2.45) is 7.05 Å². The zero-order chi connectivity index (χ0) is 18.5. The summed E-state index contributed by atoms with van der Waals surface area (Å²) in [4.78, 5) is 19.1. The summed E-state index contributed by atoms with van der Waals surface area (Å²) in [5.74, 6) is 0.00905. The van der Waals surface area contributed by atoms with Crippen LogP contribution in [0.3, 0.4) is 0 Å². The number of aromatic amines is 1. The molecule has 26 heavy (non-hydrogen) atoms. The number of para-hydroxylation sites is 2. The monoisotopic (exact) mass is 372 g/mol. The standard InChI is InChI=1S/C17H16N4O4S/c1-20(10-16-18-12-5-3-4-6-13(12)19-16)26(23,24)11-7-8-14-15(9-11)25-17(22)21(14)2/h3-9H,10H2,1-2H3,(H,18,19). The summed E-state index contributed by atoms with van der Waals surface area (Å²) < 4.78 is 33.3. The number of rotatable bonds is 4. The zero-order valence-electron chi connectivity index (χ0n) is 14.1. The van der Waals surface area contributed by atoms with Gasteiger partial charge in [-0.15, -0.1) is 0 Å². The van der Waals surface area contributed by atoms with E-state index in [1.54, 1.807) is 13.1 Å². The Morgan fingerprint density at radius 3 is 2.77 bits per heavy atom. The van der Waals surface area contributed by atoms with Crippen LogP contribution in [0, 0.1) is 0 Å². The van der Waals surface area contributed by atoms with E-state index in [1.807, 2.05) is 24.3 Å². The molecule has 0 atom stereocenters. The van der Waals surface area contributed by atoms with Crippen LogP contribution in [0.25, 0.3) is 22.1 Å². The van der Waals surface area contributed by atoms with Gasteiger partial charge in [-0.2, -0.15) is 4.31 Å². The van der Waals surface area contributed by atoms with Crippen molar-refractivity contribution in [3.05, 3.63) is 58.8 Å². The molecule has 0 aliphatic heterocycles. The van der Waals surface area contributed by atoms with E-state index in [0.717, 1.165) is 11.0 Å². The topological polar surface area (TPSA) is 101 Å². The van der Waals surface area contributed by atoms with Crippen LogP contribution in [0.2, 0.25) is 0 Å². The van der Waals surface area contributed by atoms with Gasteiger partial charge in [0, 0.05) is 20.2 Å². The van der Waals surface area contributed by atoms with Gasteiger partial charge in [0.2, 0.25) is 10.0 Å². The molecule has 134 valence electrons. The van der Waals surface area contributed by atoms with Crippen LogP contribution < -0.4 is 5.76 Å². The van der Waals surface area contributed by atoms with Gasteiger partial charge in [-0.25, -0.2) is 18.2 Å². The minimum Gasteiger partial charge on any atom is -0.408 e. The third-order valence-electron chi connectivity index (χ3n) is 4.28. The summed E-state index contributed by atoms with van der Waals surface area (Å²) in [6.07, 6.45) is 0. The number of imidazole rings is 1. The zero-order valence-corrected chi connectivity index (χ0v) is 14.9. The van der Waals surface area contributed by atoms with Gasteiger partial charge in [-0.1, -0.05) is 12.1 Å². The lowest BCUT2D eigenvalue weighted by Gasteiger charge is -2.15. The third-order valence-corrected chi connectivity index (χ3v) is 6.08. The predicted molar refractivity (Wildman–Crippen MR) is 96.2 cm³/mol. The van der Waals surface area contributed by atoms with Gasteiger partial charge in [-0.05, 0) is 24.3 Å². The van der Waals surface area contributed by atoms with Crippen LogP contribution in [-0.4, -0.2) is 34.3 Å². The molecule has 0 saturated heterocycles. The fourth-order valence-corrected chi connectivity index (χ4v) is 3.98. The van der Waals surface area contributed by atoms with Crippen molar-refractivity contribution >= 4 is 32.2 Å². The lowest BCUT2D eigenvalue weighted by atomic mass is 10.3. The van der Waals surface area contributed by atoms with Gasteiger partial charge < -0.3 is 9.40 Å². The Bertz CT molecular complexity index is 1250. The van der Waals surface area contributed by atoms with E-state index in [0.29, 0.717) is 11.3 Å². The number of fused-ring (bicyclic) bond motifs is 2. The van der Waals surface area contributed by atoms with E-state index in [1.165, 1.54) is 28.1 Å². The highest BCUT2D eigenvalue weighted by atomic mass is 32.2. The molecule has 2 aromatic carbocycles. The second-order valence-electron chi connectivity index (χ2n) is 6.02. The molecule has 2 aromatic heterocycles. The van der Waals surface area contributed by atoms with Crippen LogP contribution in [0.1, 0.15) is 5.82 Å². The Morgan fingerprint density at radius 2 is 2.00 bits per heavy atom. The molecule has 0 radical (unpaired) electrons. The second kappa shape index (κ2) is 5.82. The SMILES string of the molecule is CN(Cc1nc2ccccc2[nH]1)S(=O)(=O)c1ccc2c(c1)oc(=O)n2C. The first-order chi connectivity index (χ1) is 12.4. The molecule has 0 unspecified atom stereocenters. The molecule has 0 aliphatic carbocycles. The summed E-state index contributed by atoms with van der Waals surface area (Å²) in [6, 6.07) is 11.9. The van der Waals surface area contributed by atoms with Crippen molar-refractivity contribution in [1.82, 2.24) is 18.8 Å². The maximum atomic E-state index is 12.8. The van der Waals surface area contributed by atoms with Gasteiger partial charge in [-0.3, -0.25) is 4.57 Å². The smallest absolute Gasteiger partial charge is 0.408 e. The summed E-state index contributed by atoms with van der Waals surface area (Å²) in [7, 11) is -0.722. The molecule has 4 rings (SSSR count). The fraction of sp³-hybridized carbons (Fsp3) is 0.176. The molecule has 0 saturated carbocycles. The third kappa shape index (κ3) is 2.61. The maximum absolute atomic E-state index is 12.8. The minimum absolute atomic E-state index is 0.0537. The van der Waals surface area contributed by atoms with Crippen LogP contribution in [0.15, 0.2) is 56.6 Å². The number of benzene rings is 2. The Balaban J connectivity index is 1.67. The van der Waals surface area contributed by atoms with Gasteiger partial charge >= 0.3 is 5.76 Å². The highest BCUT2D eigenvalue weighted by Crippen LogP contribution is 2.22. The molecule has 0 spiro atoms. The molecule has 0 aliphatic rings. The molecular formula is C17H16N4O4S. The molecule has 0 bridgehead atoms. The van der Waals surface area contributed by atoms with Crippen molar-refractivity contribution in [2.45, 2.75) is 11.4 Å². The number of aryl methyl sites for hydroxylation is 1. The first kappa shape index (κ1) is 16.6. The van der Waals surface area contributed by atoms with E-state index in [2.05, 4.69) is 9.97 Å². The lowest BCUT2D eigenvalue weighted by molar-refractivity contribution is 0.458. The highest BCUT2D eigenvalue weighted by Gasteiger charge is 2.23. The van der Waals surface area contributed by atoms with Gasteiger partial charge in [0.1, 0.15) is 5.82 Å². The molecule has 2 heterocycles. The molecular weight excluding hydrogens is 356 g/mol. The van der Waals surface area contributed by atoms with Crippen LogP contribution in [-0.2, 0) is 23.6 Å². The minimum atomic E-state index is -3.77. The number of aromatic nitrogens is 3. The Morgan fingerprint density at radius 1 is 1.23 bits per heavy atom. The summed E-state index contributed by atoms with van der Waals surface area (Å²) >= 11 is 0. The number of oxazole rings is 1. The van der Waals surface area contributed by atoms with Gasteiger partial charge in [0.15, 0.2) is 5.58 Å². The molecule has 4 aromatic rings. The first-order valence-corrected chi connectivity index (χ1v) is 9.30. The van der Waals surface area contributed by atoms with Crippen molar-refractivity contribution in [2.75, 3.05) is 7.05 Å². The van der Waals surface area contributed by atoms with Gasteiger partial charge in [0.25, 0.3) is 0 Å².